The highest BCUT2D eigenvalue weighted by atomic mass is 32.2. The number of aromatic nitrogens is 1. The van der Waals surface area contributed by atoms with Crippen LogP contribution in [-0.2, 0) is 19.4 Å². The van der Waals surface area contributed by atoms with Crippen molar-refractivity contribution in [3.63, 3.8) is 0 Å². The number of nitrogens with one attached hydrogen (secondary N) is 1. The third kappa shape index (κ3) is 5.77. The zero-order valence-electron chi connectivity index (χ0n) is 15.7. The first-order valence-corrected chi connectivity index (χ1v) is 12.2. The molecular weight excluding hydrogens is 454 g/mol. The Kier molecular flexibility index (Phi) is 6.73. The topological polar surface area (TPSA) is 146 Å². The molecule has 1 N–H and O–H groups in total. The first-order valence-electron chi connectivity index (χ1n) is 8.68. The van der Waals surface area contributed by atoms with Crippen LogP contribution in [0.3, 0.4) is 0 Å². The molecule has 0 bridgehead atoms. The first-order chi connectivity index (χ1) is 14.1. The monoisotopic (exact) mass is 471 g/mol. The van der Waals surface area contributed by atoms with E-state index in [1.54, 1.807) is 0 Å². The SMILES string of the molecule is Cc1csc(Sc2ccc([N+](=O)[O-])cc2C(=O)OCC(=O)N[C@H]2CCS(=O)(=O)C2)n1. The fraction of sp³-hybridized carbons (Fsp3) is 0.353. The molecule has 1 aliphatic rings. The fourth-order valence-corrected chi connectivity index (χ4v) is 6.31. The van der Waals surface area contributed by atoms with Crippen LogP contribution in [0, 0.1) is 17.0 Å². The van der Waals surface area contributed by atoms with Crippen LogP contribution in [0.25, 0.3) is 0 Å². The van der Waals surface area contributed by atoms with E-state index >= 15 is 0 Å². The van der Waals surface area contributed by atoms with Gasteiger partial charge in [0.2, 0.25) is 0 Å². The van der Waals surface area contributed by atoms with E-state index in [2.05, 4.69) is 10.3 Å². The molecule has 0 aliphatic carbocycles. The third-order valence-corrected chi connectivity index (χ3v) is 8.02. The van der Waals surface area contributed by atoms with Gasteiger partial charge in [-0.1, -0.05) is 11.8 Å². The van der Waals surface area contributed by atoms with Crippen LogP contribution in [0.15, 0.2) is 32.8 Å². The molecule has 1 aromatic carbocycles. The van der Waals surface area contributed by atoms with Crippen LogP contribution in [0.1, 0.15) is 22.5 Å². The molecule has 1 amide bonds. The Bertz CT molecular complexity index is 1100. The summed E-state index contributed by atoms with van der Waals surface area (Å²) in [6, 6.07) is 3.28. The van der Waals surface area contributed by atoms with Gasteiger partial charge >= 0.3 is 5.97 Å². The largest absolute Gasteiger partial charge is 0.452 e. The summed E-state index contributed by atoms with van der Waals surface area (Å²) < 4.78 is 28.6. The molecule has 160 valence electrons. The minimum Gasteiger partial charge on any atom is -0.452 e. The standard InChI is InChI=1S/C17H17N3O7S3/c1-10-8-28-17(18-10)29-14-3-2-12(20(23)24)6-13(14)16(22)27-7-15(21)19-11-4-5-30(25,26)9-11/h2-3,6,8,11H,4-5,7,9H2,1H3,(H,19,21)/t11-/m0/s1. The highest BCUT2D eigenvalue weighted by molar-refractivity contribution is 8.01. The predicted octanol–water partition coefficient (Wildman–Crippen LogP) is 1.97. The van der Waals surface area contributed by atoms with Gasteiger partial charge in [-0.05, 0) is 19.4 Å². The van der Waals surface area contributed by atoms with E-state index in [4.69, 9.17) is 4.74 Å². The molecule has 1 atom stereocenters. The lowest BCUT2D eigenvalue weighted by atomic mass is 10.2. The summed E-state index contributed by atoms with van der Waals surface area (Å²) >= 11 is 2.52. The van der Waals surface area contributed by atoms with Gasteiger partial charge in [-0.15, -0.1) is 11.3 Å². The smallest absolute Gasteiger partial charge is 0.340 e. The summed E-state index contributed by atoms with van der Waals surface area (Å²) in [6.07, 6.45) is 0.306. The molecule has 30 heavy (non-hydrogen) atoms. The van der Waals surface area contributed by atoms with Gasteiger partial charge in [0.15, 0.2) is 20.8 Å². The summed E-state index contributed by atoms with van der Waals surface area (Å²) in [5.74, 6) is -1.68. The Morgan fingerprint density at radius 2 is 2.20 bits per heavy atom. The molecule has 1 aliphatic heterocycles. The zero-order valence-corrected chi connectivity index (χ0v) is 18.1. The highest BCUT2D eigenvalue weighted by Gasteiger charge is 2.29. The van der Waals surface area contributed by atoms with Gasteiger partial charge in [0, 0.05) is 34.1 Å². The van der Waals surface area contributed by atoms with Crippen molar-refractivity contribution in [1.82, 2.24) is 10.3 Å². The molecule has 0 unspecified atom stereocenters. The number of carbonyl (C=O) groups is 2. The van der Waals surface area contributed by atoms with Crippen LogP contribution in [-0.4, -0.2) is 54.4 Å². The molecule has 0 radical (unpaired) electrons. The number of benzene rings is 1. The second-order valence-corrected chi connectivity index (χ2v) is 10.9. The number of nitrogens with zero attached hydrogens (tertiary/aromatic N) is 2. The number of aryl methyl sites for hydroxylation is 1. The Labute approximate surface area is 180 Å². The van der Waals surface area contributed by atoms with Gasteiger partial charge < -0.3 is 10.1 Å². The molecule has 2 aromatic rings. The number of carbonyl (C=O) groups excluding carboxylic acids is 2. The van der Waals surface area contributed by atoms with E-state index < -0.39 is 39.3 Å². The predicted molar refractivity (Wildman–Crippen MR) is 110 cm³/mol. The van der Waals surface area contributed by atoms with E-state index in [-0.39, 0.29) is 22.8 Å². The normalized spacial score (nSPS) is 17.4. The summed E-state index contributed by atoms with van der Waals surface area (Å²) in [5, 5.41) is 15.4. The number of sulfone groups is 1. The van der Waals surface area contributed by atoms with E-state index in [9.17, 15) is 28.1 Å². The number of nitro groups is 1. The number of thiazole rings is 1. The van der Waals surface area contributed by atoms with E-state index in [1.807, 2.05) is 12.3 Å². The van der Waals surface area contributed by atoms with Crippen molar-refractivity contribution in [3.8, 4) is 0 Å². The number of amides is 1. The van der Waals surface area contributed by atoms with Crippen molar-refractivity contribution in [2.45, 2.75) is 28.6 Å². The Morgan fingerprint density at radius 1 is 1.43 bits per heavy atom. The molecule has 2 heterocycles. The minimum atomic E-state index is -3.16. The second kappa shape index (κ2) is 9.10. The maximum Gasteiger partial charge on any atom is 0.340 e. The molecular formula is C17H17N3O7S3. The number of ether oxygens (including phenoxy) is 1. The molecule has 0 spiro atoms. The van der Waals surface area contributed by atoms with Crippen LogP contribution >= 0.6 is 23.1 Å². The Balaban J connectivity index is 1.69. The van der Waals surface area contributed by atoms with Crippen molar-refractivity contribution >= 4 is 50.5 Å². The summed E-state index contributed by atoms with van der Waals surface area (Å²) in [5.41, 5.74) is 0.458. The van der Waals surface area contributed by atoms with Crippen LogP contribution < -0.4 is 5.32 Å². The van der Waals surface area contributed by atoms with Crippen molar-refractivity contribution in [1.29, 1.82) is 0 Å². The lowest BCUT2D eigenvalue weighted by Gasteiger charge is -2.12. The maximum absolute atomic E-state index is 12.5. The number of non-ortho nitro benzene ring substituents is 1. The minimum absolute atomic E-state index is 0.00221. The Hall–Kier alpha value is -2.51. The van der Waals surface area contributed by atoms with E-state index in [0.717, 1.165) is 23.5 Å². The van der Waals surface area contributed by atoms with E-state index in [1.165, 1.54) is 23.5 Å². The molecule has 1 aromatic heterocycles. The lowest BCUT2D eigenvalue weighted by Crippen LogP contribution is -2.38. The first kappa shape index (κ1) is 22.2. The Morgan fingerprint density at radius 3 is 2.80 bits per heavy atom. The summed E-state index contributed by atoms with van der Waals surface area (Å²) in [4.78, 5) is 39.7. The molecule has 10 nitrogen and oxygen atoms in total. The highest BCUT2D eigenvalue weighted by Crippen LogP contribution is 2.34. The average molecular weight is 472 g/mol. The second-order valence-electron chi connectivity index (χ2n) is 6.54. The molecule has 1 fully saturated rings. The molecule has 13 heteroatoms. The van der Waals surface area contributed by atoms with Crippen LogP contribution in [0.4, 0.5) is 5.69 Å². The van der Waals surface area contributed by atoms with Crippen molar-refractivity contribution in [3.05, 3.63) is 45.0 Å². The number of hydrogen-bond acceptors (Lipinski definition) is 10. The van der Waals surface area contributed by atoms with Gasteiger partial charge in [0.25, 0.3) is 11.6 Å². The van der Waals surface area contributed by atoms with Gasteiger partial charge in [-0.25, -0.2) is 18.2 Å². The molecule has 3 rings (SSSR count). The van der Waals surface area contributed by atoms with Crippen molar-refractivity contribution in [2.75, 3.05) is 18.1 Å². The van der Waals surface area contributed by atoms with Crippen LogP contribution in [0.2, 0.25) is 0 Å². The number of rotatable bonds is 7. The quantitative estimate of drug-likeness (QED) is 0.364. The van der Waals surface area contributed by atoms with Gasteiger partial charge in [-0.3, -0.25) is 14.9 Å². The maximum atomic E-state index is 12.5. The number of esters is 1. The third-order valence-electron chi connectivity index (χ3n) is 4.12. The number of hydrogen-bond donors (Lipinski definition) is 1. The zero-order chi connectivity index (χ0) is 21.9. The average Bonchev–Trinajstić information content (AvgIpc) is 3.24. The van der Waals surface area contributed by atoms with E-state index in [0.29, 0.717) is 15.7 Å². The van der Waals surface area contributed by atoms with Gasteiger partial charge in [0.1, 0.15) is 0 Å². The van der Waals surface area contributed by atoms with Gasteiger partial charge in [-0.2, -0.15) is 0 Å². The van der Waals surface area contributed by atoms with Crippen molar-refractivity contribution in [2.24, 2.45) is 0 Å². The molecule has 0 saturated carbocycles. The van der Waals surface area contributed by atoms with Crippen molar-refractivity contribution < 1.29 is 27.7 Å². The molecule has 1 saturated heterocycles. The van der Waals surface area contributed by atoms with Gasteiger partial charge in [0.05, 0.1) is 22.0 Å². The summed E-state index contributed by atoms with van der Waals surface area (Å²) in [7, 11) is -3.16. The van der Waals surface area contributed by atoms with Crippen LogP contribution in [0.5, 0.6) is 0 Å². The summed E-state index contributed by atoms with van der Waals surface area (Å²) in [6.45, 7) is 1.19. The fourth-order valence-electron chi connectivity index (χ4n) is 2.74. The number of nitro benzene ring substituents is 1. The lowest BCUT2D eigenvalue weighted by molar-refractivity contribution is -0.384.